The van der Waals surface area contributed by atoms with E-state index in [1.807, 2.05) is 6.08 Å². The minimum Gasteiger partial charge on any atom is -0.207 e. The zero-order chi connectivity index (χ0) is 10.6. The van der Waals surface area contributed by atoms with Crippen LogP contribution in [0.4, 0.5) is 4.39 Å². The SMILES string of the molecule is CC/C1=C(\C)C(C)C/C=C/C(F)=C\C1. The van der Waals surface area contributed by atoms with Gasteiger partial charge in [0.2, 0.25) is 0 Å². The number of halogens is 1. The van der Waals surface area contributed by atoms with Crippen molar-refractivity contribution in [1.82, 2.24) is 0 Å². The van der Waals surface area contributed by atoms with Crippen LogP contribution in [0.5, 0.6) is 0 Å². The van der Waals surface area contributed by atoms with Crippen LogP contribution in [0, 0.1) is 5.92 Å². The number of hydrogen-bond acceptors (Lipinski definition) is 0. The molecule has 1 unspecified atom stereocenters. The molecule has 1 heteroatoms. The zero-order valence-corrected chi connectivity index (χ0v) is 9.31. The second-order valence-corrected chi connectivity index (χ2v) is 3.97. The average Bonchev–Trinajstić information content (AvgIpc) is 2.22. The lowest BCUT2D eigenvalue weighted by molar-refractivity contribution is 0.659. The van der Waals surface area contributed by atoms with Crippen LogP contribution in [0.15, 0.2) is 35.2 Å². The van der Waals surface area contributed by atoms with E-state index in [1.54, 1.807) is 12.2 Å². The topological polar surface area (TPSA) is 0 Å². The van der Waals surface area contributed by atoms with Crippen molar-refractivity contribution in [2.75, 3.05) is 0 Å². The van der Waals surface area contributed by atoms with Gasteiger partial charge in [-0.1, -0.05) is 31.1 Å². The van der Waals surface area contributed by atoms with Crippen LogP contribution >= 0.6 is 0 Å². The van der Waals surface area contributed by atoms with Gasteiger partial charge in [-0.25, -0.2) is 4.39 Å². The standard InChI is InChI=1S/C13H19F/c1-4-12-8-9-13(14)7-5-6-10(2)11(12)3/h5,7,9-10H,4,6,8H2,1-3H3/b7-5+,12-11-,13-9+. The van der Waals surface area contributed by atoms with Crippen LogP contribution in [0.3, 0.4) is 0 Å². The van der Waals surface area contributed by atoms with Gasteiger partial charge in [0.25, 0.3) is 0 Å². The molecule has 0 spiro atoms. The molecule has 0 aromatic heterocycles. The lowest BCUT2D eigenvalue weighted by atomic mass is 9.92. The second-order valence-electron chi connectivity index (χ2n) is 3.97. The predicted molar refractivity (Wildman–Crippen MR) is 59.7 cm³/mol. The van der Waals surface area contributed by atoms with Crippen LogP contribution in [-0.4, -0.2) is 0 Å². The number of rotatable bonds is 1. The van der Waals surface area contributed by atoms with E-state index in [-0.39, 0.29) is 5.83 Å². The third-order valence-corrected chi connectivity index (χ3v) is 3.03. The maximum absolute atomic E-state index is 13.1. The van der Waals surface area contributed by atoms with Crippen molar-refractivity contribution in [2.45, 2.75) is 40.0 Å². The Balaban J connectivity index is 2.94. The molecule has 0 saturated heterocycles. The first-order valence-electron chi connectivity index (χ1n) is 5.35. The first kappa shape index (κ1) is 11.2. The monoisotopic (exact) mass is 194 g/mol. The minimum absolute atomic E-state index is 0.0992. The van der Waals surface area contributed by atoms with Crippen molar-refractivity contribution in [3.05, 3.63) is 35.2 Å². The molecule has 0 fully saturated rings. The van der Waals surface area contributed by atoms with Crippen molar-refractivity contribution >= 4 is 0 Å². The molecule has 0 nitrogen and oxygen atoms in total. The molecule has 0 N–H and O–H groups in total. The first-order valence-corrected chi connectivity index (χ1v) is 5.35. The minimum atomic E-state index is -0.0992. The highest BCUT2D eigenvalue weighted by Gasteiger charge is 2.08. The fraction of sp³-hybridized carbons (Fsp3) is 0.538. The molecule has 0 aromatic rings. The molecule has 1 rings (SSSR count). The molecule has 0 bridgehead atoms. The molecule has 0 amide bonds. The summed E-state index contributed by atoms with van der Waals surface area (Å²) in [5, 5.41) is 0. The molecule has 14 heavy (non-hydrogen) atoms. The Hall–Kier alpha value is -0.850. The Morgan fingerprint density at radius 1 is 1.50 bits per heavy atom. The van der Waals surface area contributed by atoms with Crippen LogP contribution in [0.1, 0.15) is 40.0 Å². The van der Waals surface area contributed by atoms with E-state index in [0.29, 0.717) is 5.92 Å². The fourth-order valence-electron chi connectivity index (χ4n) is 1.78. The van der Waals surface area contributed by atoms with Gasteiger partial charge in [0, 0.05) is 0 Å². The lowest BCUT2D eigenvalue weighted by Crippen LogP contribution is -1.98. The van der Waals surface area contributed by atoms with Gasteiger partial charge in [-0.15, -0.1) is 0 Å². The van der Waals surface area contributed by atoms with Gasteiger partial charge in [0.05, 0.1) is 0 Å². The predicted octanol–water partition coefficient (Wildman–Crippen LogP) is 4.55. The molecule has 1 aliphatic rings. The molecule has 1 aliphatic carbocycles. The summed E-state index contributed by atoms with van der Waals surface area (Å²) in [7, 11) is 0. The molecular weight excluding hydrogens is 175 g/mol. The van der Waals surface area contributed by atoms with E-state index < -0.39 is 0 Å². The molecule has 0 aliphatic heterocycles. The van der Waals surface area contributed by atoms with Gasteiger partial charge >= 0.3 is 0 Å². The Morgan fingerprint density at radius 2 is 2.21 bits per heavy atom. The van der Waals surface area contributed by atoms with Gasteiger partial charge in [0.1, 0.15) is 5.83 Å². The van der Waals surface area contributed by atoms with E-state index in [1.165, 1.54) is 11.1 Å². The highest BCUT2D eigenvalue weighted by atomic mass is 19.1. The Kier molecular flexibility index (Phi) is 4.12. The summed E-state index contributed by atoms with van der Waals surface area (Å²) in [5.41, 5.74) is 2.82. The molecule has 1 atom stereocenters. The Bertz CT molecular complexity index is 282. The summed E-state index contributed by atoms with van der Waals surface area (Å²) in [6.07, 6.45) is 7.93. The van der Waals surface area contributed by atoms with Gasteiger partial charge in [-0.3, -0.25) is 0 Å². The average molecular weight is 194 g/mol. The van der Waals surface area contributed by atoms with Crippen molar-refractivity contribution in [2.24, 2.45) is 5.92 Å². The van der Waals surface area contributed by atoms with E-state index in [2.05, 4.69) is 20.8 Å². The van der Waals surface area contributed by atoms with E-state index in [0.717, 1.165) is 19.3 Å². The summed E-state index contributed by atoms with van der Waals surface area (Å²) in [5.74, 6) is 0.443. The van der Waals surface area contributed by atoms with E-state index >= 15 is 0 Å². The molecule has 0 saturated carbocycles. The Labute approximate surface area is 86.2 Å². The van der Waals surface area contributed by atoms with Crippen LogP contribution < -0.4 is 0 Å². The van der Waals surface area contributed by atoms with Gasteiger partial charge in [-0.2, -0.15) is 0 Å². The highest BCUT2D eigenvalue weighted by Crippen LogP contribution is 2.25. The highest BCUT2D eigenvalue weighted by molar-refractivity contribution is 5.23. The third kappa shape index (κ3) is 2.83. The molecule has 0 radical (unpaired) electrons. The maximum Gasteiger partial charge on any atom is 0.119 e. The van der Waals surface area contributed by atoms with E-state index in [4.69, 9.17) is 0 Å². The normalized spacial score (nSPS) is 35.1. The van der Waals surface area contributed by atoms with Crippen LogP contribution in [0.2, 0.25) is 0 Å². The first-order chi connectivity index (χ1) is 6.65. The lowest BCUT2D eigenvalue weighted by Gasteiger charge is -2.14. The van der Waals surface area contributed by atoms with Crippen molar-refractivity contribution < 1.29 is 4.39 Å². The summed E-state index contributed by atoms with van der Waals surface area (Å²) in [6, 6.07) is 0. The number of allylic oxidation sites excluding steroid dienone is 6. The second kappa shape index (κ2) is 5.14. The quantitative estimate of drug-likeness (QED) is 0.537. The summed E-state index contributed by atoms with van der Waals surface area (Å²) < 4.78 is 13.1. The molecule has 78 valence electrons. The fourth-order valence-corrected chi connectivity index (χ4v) is 1.78. The van der Waals surface area contributed by atoms with Crippen molar-refractivity contribution in [3.8, 4) is 0 Å². The van der Waals surface area contributed by atoms with Gasteiger partial charge in [-0.05, 0) is 44.3 Å². The largest absolute Gasteiger partial charge is 0.207 e. The van der Waals surface area contributed by atoms with Gasteiger partial charge in [0.15, 0.2) is 0 Å². The maximum atomic E-state index is 13.1. The molecule has 0 heterocycles. The molecular formula is C13H19F. The Morgan fingerprint density at radius 3 is 2.86 bits per heavy atom. The zero-order valence-electron chi connectivity index (χ0n) is 9.31. The summed E-state index contributed by atoms with van der Waals surface area (Å²) >= 11 is 0. The van der Waals surface area contributed by atoms with Gasteiger partial charge < -0.3 is 0 Å². The van der Waals surface area contributed by atoms with E-state index in [9.17, 15) is 4.39 Å². The smallest absolute Gasteiger partial charge is 0.119 e. The van der Waals surface area contributed by atoms with Crippen molar-refractivity contribution in [1.29, 1.82) is 0 Å². The van der Waals surface area contributed by atoms with Crippen molar-refractivity contribution in [3.63, 3.8) is 0 Å². The van der Waals surface area contributed by atoms with Crippen LogP contribution in [0.25, 0.3) is 0 Å². The third-order valence-electron chi connectivity index (χ3n) is 3.03. The van der Waals surface area contributed by atoms with Crippen LogP contribution in [-0.2, 0) is 0 Å². The molecule has 0 aromatic carbocycles. The summed E-state index contributed by atoms with van der Waals surface area (Å²) in [6.45, 7) is 6.52. The number of hydrogen-bond donors (Lipinski definition) is 0. The summed E-state index contributed by atoms with van der Waals surface area (Å²) in [4.78, 5) is 0.